The summed E-state index contributed by atoms with van der Waals surface area (Å²) in [5.41, 5.74) is 6.82. The third kappa shape index (κ3) is 1.99. The molecule has 1 aromatic carbocycles. The van der Waals surface area contributed by atoms with Crippen molar-refractivity contribution in [2.75, 3.05) is 5.73 Å². The minimum absolute atomic E-state index is 0.0721. The standard InChI is InChI=1S/C15H14N4O2/c1-15(2)13(20)9-5-3-4-8(12(9)21-15)11-7-18-14(17)10(6-16)19-11/h3-5,7,13,20H,1-2H3,(H2,17,18). The molecule has 0 saturated carbocycles. The van der Waals surface area contributed by atoms with Gasteiger partial charge in [0.2, 0.25) is 0 Å². The molecule has 3 N–H and O–H groups in total. The number of nitrogen functional groups attached to an aromatic ring is 1. The lowest BCUT2D eigenvalue weighted by Crippen LogP contribution is -2.29. The predicted molar refractivity (Wildman–Crippen MR) is 76.3 cm³/mol. The summed E-state index contributed by atoms with van der Waals surface area (Å²) in [6, 6.07) is 7.35. The number of nitrogens with two attached hydrogens (primary N) is 1. The van der Waals surface area contributed by atoms with E-state index in [2.05, 4.69) is 9.97 Å². The second-order valence-corrected chi connectivity index (χ2v) is 5.43. The van der Waals surface area contributed by atoms with Crippen molar-refractivity contribution in [2.24, 2.45) is 0 Å². The number of para-hydroxylation sites is 1. The summed E-state index contributed by atoms with van der Waals surface area (Å²) in [6.45, 7) is 3.63. The molecule has 0 aliphatic carbocycles. The zero-order valence-electron chi connectivity index (χ0n) is 11.7. The lowest BCUT2D eigenvalue weighted by atomic mass is 9.96. The van der Waals surface area contributed by atoms with Crippen LogP contribution < -0.4 is 10.5 Å². The Morgan fingerprint density at radius 3 is 2.90 bits per heavy atom. The van der Waals surface area contributed by atoms with Gasteiger partial charge in [-0.1, -0.05) is 12.1 Å². The first kappa shape index (κ1) is 13.3. The Labute approximate surface area is 121 Å². The summed E-state index contributed by atoms with van der Waals surface area (Å²) in [4.78, 5) is 8.18. The molecule has 1 aliphatic heterocycles. The molecule has 106 valence electrons. The van der Waals surface area contributed by atoms with Crippen LogP contribution in [0.1, 0.15) is 31.2 Å². The highest BCUT2D eigenvalue weighted by Gasteiger charge is 2.41. The molecule has 21 heavy (non-hydrogen) atoms. The maximum atomic E-state index is 10.3. The van der Waals surface area contributed by atoms with Gasteiger partial charge in [-0.3, -0.25) is 0 Å². The Kier molecular flexibility index (Phi) is 2.81. The molecule has 1 aliphatic rings. The van der Waals surface area contributed by atoms with Crippen molar-refractivity contribution < 1.29 is 9.84 Å². The highest BCUT2D eigenvalue weighted by molar-refractivity contribution is 5.71. The molecule has 0 radical (unpaired) electrons. The Hall–Kier alpha value is -2.65. The maximum Gasteiger partial charge on any atom is 0.183 e. The van der Waals surface area contributed by atoms with E-state index in [-0.39, 0.29) is 11.5 Å². The number of aliphatic hydroxyl groups is 1. The van der Waals surface area contributed by atoms with Crippen molar-refractivity contribution in [3.63, 3.8) is 0 Å². The van der Waals surface area contributed by atoms with Crippen LogP contribution in [0.4, 0.5) is 5.82 Å². The normalized spacial score (nSPS) is 18.7. The molecule has 2 heterocycles. The highest BCUT2D eigenvalue weighted by atomic mass is 16.5. The molecule has 0 bridgehead atoms. The van der Waals surface area contributed by atoms with Gasteiger partial charge in [0.15, 0.2) is 11.5 Å². The SMILES string of the molecule is CC1(C)Oc2c(-c3cnc(N)c(C#N)n3)cccc2C1O. The van der Waals surface area contributed by atoms with Crippen LogP contribution in [0.25, 0.3) is 11.3 Å². The van der Waals surface area contributed by atoms with E-state index in [0.717, 1.165) is 0 Å². The van der Waals surface area contributed by atoms with E-state index in [9.17, 15) is 5.11 Å². The van der Waals surface area contributed by atoms with Gasteiger partial charge in [-0.2, -0.15) is 5.26 Å². The van der Waals surface area contributed by atoms with Crippen molar-refractivity contribution in [3.05, 3.63) is 35.7 Å². The summed E-state index contributed by atoms with van der Waals surface area (Å²) in [6.07, 6.45) is 0.775. The van der Waals surface area contributed by atoms with Crippen molar-refractivity contribution in [1.82, 2.24) is 9.97 Å². The fourth-order valence-electron chi connectivity index (χ4n) is 2.39. The van der Waals surface area contributed by atoms with E-state index in [1.807, 2.05) is 38.1 Å². The van der Waals surface area contributed by atoms with Crippen LogP contribution >= 0.6 is 0 Å². The Morgan fingerprint density at radius 1 is 1.43 bits per heavy atom. The molecule has 0 saturated heterocycles. The Bertz CT molecular complexity index is 765. The van der Waals surface area contributed by atoms with Gasteiger partial charge in [0.1, 0.15) is 23.5 Å². The molecule has 6 nitrogen and oxygen atoms in total. The van der Waals surface area contributed by atoms with E-state index in [4.69, 9.17) is 15.7 Å². The molecule has 0 spiro atoms. The molecule has 1 unspecified atom stereocenters. The lowest BCUT2D eigenvalue weighted by molar-refractivity contribution is 0.000756. The minimum atomic E-state index is -0.718. The fraction of sp³-hybridized carbons (Fsp3) is 0.267. The van der Waals surface area contributed by atoms with Crippen LogP contribution in [-0.2, 0) is 0 Å². The first-order chi connectivity index (χ1) is 9.94. The van der Waals surface area contributed by atoms with E-state index in [1.54, 1.807) is 0 Å². The summed E-state index contributed by atoms with van der Waals surface area (Å²) < 4.78 is 5.86. The third-order valence-electron chi connectivity index (χ3n) is 3.55. The smallest absolute Gasteiger partial charge is 0.183 e. The van der Waals surface area contributed by atoms with Crippen molar-refractivity contribution >= 4 is 5.82 Å². The minimum Gasteiger partial charge on any atom is -0.484 e. The number of rotatable bonds is 1. The molecule has 1 aromatic heterocycles. The topological polar surface area (TPSA) is 105 Å². The molecule has 6 heteroatoms. The quantitative estimate of drug-likeness (QED) is 0.826. The molecular formula is C15H14N4O2. The zero-order chi connectivity index (χ0) is 15.2. The van der Waals surface area contributed by atoms with Crippen LogP contribution in [0.5, 0.6) is 5.75 Å². The van der Waals surface area contributed by atoms with Crippen molar-refractivity contribution in [1.29, 1.82) is 5.26 Å². The monoisotopic (exact) mass is 282 g/mol. The van der Waals surface area contributed by atoms with Crippen molar-refractivity contribution in [3.8, 4) is 23.1 Å². The number of nitriles is 1. The molecule has 2 aromatic rings. The molecule has 1 atom stereocenters. The van der Waals surface area contributed by atoms with Gasteiger partial charge < -0.3 is 15.6 Å². The summed E-state index contributed by atoms with van der Waals surface area (Å²) in [7, 11) is 0. The van der Waals surface area contributed by atoms with E-state index >= 15 is 0 Å². The number of aliphatic hydroxyl groups excluding tert-OH is 1. The van der Waals surface area contributed by atoms with Gasteiger partial charge in [0.25, 0.3) is 0 Å². The largest absolute Gasteiger partial charge is 0.484 e. The molecule has 3 rings (SSSR count). The van der Waals surface area contributed by atoms with Crippen LogP contribution in [0.3, 0.4) is 0 Å². The summed E-state index contributed by atoms with van der Waals surface area (Å²) in [5.74, 6) is 0.660. The molecule has 0 fully saturated rings. The predicted octanol–water partition coefficient (Wildman–Crippen LogP) is 1.80. The van der Waals surface area contributed by atoms with Crippen LogP contribution in [-0.4, -0.2) is 20.7 Å². The fourth-order valence-corrected chi connectivity index (χ4v) is 2.39. The number of hydrogen-bond acceptors (Lipinski definition) is 6. The van der Waals surface area contributed by atoms with Crippen LogP contribution in [0, 0.1) is 11.3 Å². The zero-order valence-corrected chi connectivity index (χ0v) is 11.7. The first-order valence-corrected chi connectivity index (χ1v) is 6.47. The van der Waals surface area contributed by atoms with Gasteiger partial charge in [-0.15, -0.1) is 0 Å². The summed E-state index contributed by atoms with van der Waals surface area (Å²) in [5, 5.41) is 19.3. The third-order valence-corrected chi connectivity index (χ3v) is 3.55. The Morgan fingerprint density at radius 2 is 2.19 bits per heavy atom. The second-order valence-electron chi connectivity index (χ2n) is 5.43. The van der Waals surface area contributed by atoms with E-state index in [1.165, 1.54) is 6.20 Å². The van der Waals surface area contributed by atoms with Crippen LogP contribution in [0.15, 0.2) is 24.4 Å². The second kappa shape index (κ2) is 4.43. The number of anilines is 1. The van der Waals surface area contributed by atoms with E-state index in [0.29, 0.717) is 22.6 Å². The molecular weight excluding hydrogens is 268 g/mol. The van der Waals surface area contributed by atoms with Gasteiger partial charge in [0, 0.05) is 11.1 Å². The maximum absolute atomic E-state index is 10.3. The van der Waals surface area contributed by atoms with Gasteiger partial charge in [-0.25, -0.2) is 9.97 Å². The number of ether oxygens (including phenoxy) is 1. The number of aromatic nitrogens is 2. The lowest BCUT2D eigenvalue weighted by Gasteiger charge is -2.22. The average molecular weight is 282 g/mol. The highest BCUT2D eigenvalue weighted by Crippen LogP contribution is 2.47. The number of nitrogens with zero attached hydrogens (tertiary/aromatic N) is 3. The number of hydrogen-bond donors (Lipinski definition) is 2. The van der Waals surface area contributed by atoms with Crippen LogP contribution in [0.2, 0.25) is 0 Å². The first-order valence-electron chi connectivity index (χ1n) is 6.47. The van der Waals surface area contributed by atoms with Gasteiger partial charge in [-0.05, 0) is 19.9 Å². The van der Waals surface area contributed by atoms with Gasteiger partial charge >= 0.3 is 0 Å². The number of fused-ring (bicyclic) bond motifs is 1. The Balaban J connectivity index is 2.17. The average Bonchev–Trinajstić information content (AvgIpc) is 2.70. The van der Waals surface area contributed by atoms with Crippen molar-refractivity contribution in [2.45, 2.75) is 25.6 Å². The number of benzene rings is 1. The van der Waals surface area contributed by atoms with Gasteiger partial charge in [0.05, 0.1) is 11.9 Å². The molecule has 0 amide bonds. The van der Waals surface area contributed by atoms with E-state index < -0.39 is 11.7 Å². The summed E-state index contributed by atoms with van der Waals surface area (Å²) >= 11 is 0.